The lowest BCUT2D eigenvalue weighted by Gasteiger charge is -2.19. The molecule has 3 aliphatic rings. The number of hydrogen-bond acceptors (Lipinski definition) is 6. The third-order valence-electron chi connectivity index (χ3n) is 5.85. The van der Waals surface area contributed by atoms with E-state index in [1.54, 1.807) is 12.0 Å². The molecule has 0 saturated carbocycles. The molecule has 142 valence electrons. The molecule has 0 radical (unpaired) electrons. The van der Waals surface area contributed by atoms with Gasteiger partial charge in [0.25, 0.3) is 5.91 Å². The highest BCUT2D eigenvalue weighted by Gasteiger charge is 2.46. The van der Waals surface area contributed by atoms with Crippen LogP contribution in [0.5, 0.6) is 5.88 Å². The minimum absolute atomic E-state index is 0.00673. The normalized spacial score (nSPS) is 27.2. The number of fused-ring (bicyclic) bond motifs is 2. The zero-order chi connectivity index (χ0) is 18.6. The topological polar surface area (TPSA) is 79.8 Å². The summed E-state index contributed by atoms with van der Waals surface area (Å²) in [6.45, 7) is 6.38. The van der Waals surface area contributed by atoms with E-state index < -0.39 is 9.84 Å². The van der Waals surface area contributed by atoms with Crippen LogP contribution in [0.15, 0.2) is 6.07 Å². The summed E-state index contributed by atoms with van der Waals surface area (Å²) in [6, 6.07) is 2.00. The SMILES string of the molecule is COc1nc2c(cc1CN1C[C@@H]3CCS(=O)(=O)[C@@H]3C1)C(=O)N(C(C)C)C2. The Bertz CT molecular complexity index is 852. The highest BCUT2D eigenvalue weighted by molar-refractivity contribution is 7.92. The molecule has 1 aromatic rings. The molecule has 2 fully saturated rings. The van der Waals surface area contributed by atoms with Crippen LogP contribution in [0.25, 0.3) is 0 Å². The Morgan fingerprint density at radius 1 is 1.35 bits per heavy atom. The molecule has 0 spiro atoms. The molecule has 3 aliphatic heterocycles. The van der Waals surface area contributed by atoms with Gasteiger partial charge in [0.15, 0.2) is 9.84 Å². The minimum atomic E-state index is -2.95. The van der Waals surface area contributed by atoms with Crippen LogP contribution >= 0.6 is 0 Å². The fourth-order valence-corrected chi connectivity index (χ4v) is 6.60. The van der Waals surface area contributed by atoms with Crippen molar-refractivity contribution in [1.82, 2.24) is 14.8 Å². The van der Waals surface area contributed by atoms with Gasteiger partial charge in [-0.3, -0.25) is 9.69 Å². The Kier molecular flexibility index (Phi) is 4.23. The molecule has 2 atom stereocenters. The van der Waals surface area contributed by atoms with Crippen molar-refractivity contribution in [1.29, 1.82) is 0 Å². The lowest BCUT2D eigenvalue weighted by molar-refractivity contribution is 0.0730. The van der Waals surface area contributed by atoms with Gasteiger partial charge in [0.2, 0.25) is 5.88 Å². The summed E-state index contributed by atoms with van der Waals surface area (Å²) in [6.07, 6.45) is 0.755. The van der Waals surface area contributed by atoms with Crippen LogP contribution in [0.3, 0.4) is 0 Å². The molecule has 26 heavy (non-hydrogen) atoms. The molecule has 0 aromatic carbocycles. The van der Waals surface area contributed by atoms with Gasteiger partial charge in [-0.1, -0.05) is 0 Å². The summed E-state index contributed by atoms with van der Waals surface area (Å²) < 4.78 is 29.8. The number of pyridine rings is 1. The van der Waals surface area contributed by atoms with E-state index in [0.29, 0.717) is 36.8 Å². The van der Waals surface area contributed by atoms with Gasteiger partial charge in [-0.05, 0) is 32.3 Å². The van der Waals surface area contributed by atoms with Gasteiger partial charge in [-0.25, -0.2) is 13.4 Å². The van der Waals surface area contributed by atoms with E-state index >= 15 is 0 Å². The Morgan fingerprint density at radius 3 is 2.77 bits per heavy atom. The summed E-state index contributed by atoms with van der Waals surface area (Å²) in [5.74, 6) is 1.08. The molecule has 1 amide bonds. The van der Waals surface area contributed by atoms with Gasteiger partial charge < -0.3 is 9.64 Å². The first-order valence-corrected chi connectivity index (χ1v) is 10.8. The first-order valence-electron chi connectivity index (χ1n) is 9.12. The van der Waals surface area contributed by atoms with E-state index in [2.05, 4.69) is 9.88 Å². The first-order chi connectivity index (χ1) is 12.3. The minimum Gasteiger partial charge on any atom is -0.481 e. The van der Waals surface area contributed by atoms with Crippen molar-refractivity contribution >= 4 is 15.7 Å². The van der Waals surface area contributed by atoms with Crippen molar-refractivity contribution in [2.75, 3.05) is 26.0 Å². The fraction of sp³-hybridized carbons (Fsp3) is 0.667. The van der Waals surface area contributed by atoms with Crippen LogP contribution in [0.2, 0.25) is 0 Å². The summed E-state index contributed by atoms with van der Waals surface area (Å²) in [5, 5.41) is -0.242. The van der Waals surface area contributed by atoms with E-state index in [4.69, 9.17) is 4.74 Å². The third-order valence-corrected chi connectivity index (χ3v) is 8.12. The predicted molar refractivity (Wildman–Crippen MR) is 96.8 cm³/mol. The maximum atomic E-state index is 12.6. The first kappa shape index (κ1) is 17.7. The van der Waals surface area contributed by atoms with Crippen molar-refractivity contribution in [2.24, 2.45) is 5.92 Å². The van der Waals surface area contributed by atoms with Crippen molar-refractivity contribution in [2.45, 2.75) is 44.6 Å². The largest absolute Gasteiger partial charge is 0.481 e. The molecular weight excluding hydrogens is 354 g/mol. The van der Waals surface area contributed by atoms with Crippen molar-refractivity contribution in [3.8, 4) is 5.88 Å². The average Bonchev–Trinajstić information content (AvgIpc) is 3.22. The van der Waals surface area contributed by atoms with Gasteiger partial charge in [0.1, 0.15) is 0 Å². The van der Waals surface area contributed by atoms with Crippen LogP contribution in [-0.2, 0) is 22.9 Å². The number of methoxy groups -OCH3 is 1. The van der Waals surface area contributed by atoms with E-state index in [9.17, 15) is 13.2 Å². The van der Waals surface area contributed by atoms with Crippen LogP contribution in [0, 0.1) is 5.92 Å². The van der Waals surface area contributed by atoms with Crippen LogP contribution in [-0.4, -0.2) is 66.4 Å². The third kappa shape index (κ3) is 2.79. The van der Waals surface area contributed by atoms with Gasteiger partial charge in [0.05, 0.1) is 35.9 Å². The Balaban J connectivity index is 1.58. The summed E-state index contributed by atoms with van der Waals surface area (Å²) in [5.41, 5.74) is 2.24. The number of nitrogens with zero attached hydrogens (tertiary/aromatic N) is 3. The quantitative estimate of drug-likeness (QED) is 0.779. The molecule has 2 saturated heterocycles. The molecule has 0 bridgehead atoms. The maximum absolute atomic E-state index is 12.6. The second-order valence-electron chi connectivity index (χ2n) is 7.83. The van der Waals surface area contributed by atoms with Crippen molar-refractivity contribution in [3.63, 3.8) is 0 Å². The maximum Gasteiger partial charge on any atom is 0.256 e. The summed E-state index contributed by atoms with van der Waals surface area (Å²) in [4.78, 5) is 21.1. The highest BCUT2D eigenvalue weighted by Crippen LogP contribution is 2.35. The number of aromatic nitrogens is 1. The molecule has 0 aliphatic carbocycles. The average molecular weight is 379 g/mol. The van der Waals surface area contributed by atoms with Gasteiger partial charge in [0, 0.05) is 31.2 Å². The number of sulfone groups is 1. The monoisotopic (exact) mass is 379 g/mol. The van der Waals surface area contributed by atoms with E-state index in [0.717, 1.165) is 24.2 Å². The molecule has 0 N–H and O–H groups in total. The highest BCUT2D eigenvalue weighted by atomic mass is 32.2. The van der Waals surface area contributed by atoms with Gasteiger partial charge in [-0.15, -0.1) is 0 Å². The smallest absolute Gasteiger partial charge is 0.256 e. The Labute approximate surface area is 154 Å². The standard InChI is InChI=1S/C18H25N3O4S/c1-11(2)21-9-15-14(18(21)22)6-13(17(19-15)25-3)8-20-7-12-4-5-26(23,24)16(12)10-20/h6,11-12,16H,4-5,7-10H2,1-3H3/t12-,16+/m0/s1. The zero-order valence-electron chi connectivity index (χ0n) is 15.4. The number of amides is 1. The summed E-state index contributed by atoms with van der Waals surface area (Å²) >= 11 is 0. The lowest BCUT2D eigenvalue weighted by Crippen LogP contribution is -2.30. The zero-order valence-corrected chi connectivity index (χ0v) is 16.3. The van der Waals surface area contributed by atoms with Crippen LogP contribution in [0.4, 0.5) is 0 Å². The van der Waals surface area contributed by atoms with Crippen LogP contribution < -0.4 is 4.74 Å². The second kappa shape index (κ2) is 6.20. The number of hydrogen-bond donors (Lipinski definition) is 0. The van der Waals surface area contributed by atoms with Gasteiger partial charge >= 0.3 is 0 Å². The molecule has 7 nitrogen and oxygen atoms in total. The molecule has 1 aromatic heterocycles. The molecule has 4 heterocycles. The number of likely N-dealkylation sites (tertiary alicyclic amines) is 1. The number of ether oxygens (including phenoxy) is 1. The fourth-order valence-electron chi connectivity index (χ4n) is 4.42. The molecule has 4 rings (SSSR count). The van der Waals surface area contributed by atoms with E-state index in [1.807, 2.05) is 19.9 Å². The predicted octanol–water partition coefficient (Wildman–Crippen LogP) is 1.07. The molecule has 0 unspecified atom stereocenters. The Hall–Kier alpha value is -1.67. The molecular formula is C18H25N3O4S. The van der Waals surface area contributed by atoms with Crippen molar-refractivity contribution < 1.29 is 17.9 Å². The van der Waals surface area contributed by atoms with Gasteiger partial charge in [-0.2, -0.15) is 0 Å². The van der Waals surface area contributed by atoms with E-state index in [1.165, 1.54) is 0 Å². The number of carbonyl (C=O) groups is 1. The Morgan fingerprint density at radius 2 is 2.12 bits per heavy atom. The van der Waals surface area contributed by atoms with Crippen molar-refractivity contribution in [3.05, 3.63) is 22.9 Å². The lowest BCUT2D eigenvalue weighted by atomic mass is 10.1. The van der Waals surface area contributed by atoms with E-state index in [-0.39, 0.29) is 23.1 Å². The number of rotatable bonds is 4. The second-order valence-corrected chi connectivity index (χ2v) is 10.2. The summed E-state index contributed by atoms with van der Waals surface area (Å²) in [7, 11) is -1.37. The molecule has 8 heteroatoms. The van der Waals surface area contributed by atoms with Crippen LogP contribution in [0.1, 0.15) is 41.9 Å². The number of carbonyl (C=O) groups excluding carboxylic acids is 1.